The molecule has 2 N–H and O–H groups in total. The molecule has 1 aliphatic carbocycles. The number of aromatic hydroxyl groups is 1. The lowest BCUT2D eigenvalue weighted by Crippen LogP contribution is -2.19. The molecule has 0 unspecified atom stereocenters. The first kappa shape index (κ1) is 14.8. The Kier molecular flexibility index (Phi) is 4.24. The summed E-state index contributed by atoms with van der Waals surface area (Å²) in [5, 5.41) is 13.3. The SMILES string of the molecule is CNC(=O)c1c(N=Cc2ccccc2O)sc2c1CCCC2. The van der Waals surface area contributed by atoms with E-state index in [0.717, 1.165) is 29.8 Å². The highest BCUT2D eigenvalue weighted by Gasteiger charge is 2.24. The Labute approximate surface area is 133 Å². The Morgan fingerprint density at radius 1 is 1.32 bits per heavy atom. The van der Waals surface area contributed by atoms with Crippen LogP contribution in [-0.2, 0) is 12.8 Å². The highest BCUT2D eigenvalue weighted by Crippen LogP contribution is 2.39. The quantitative estimate of drug-likeness (QED) is 0.853. The van der Waals surface area contributed by atoms with Gasteiger partial charge in [-0.2, -0.15) is 0 Å². The zero-order valence-electron chi connectivity index (χ0n) is 12.4. The molecule has 0 spiro atoms. The lowest BCUT2D eigenvalue weighted by Gasteiger charge is -2.11. The minimum Gasteiger partial charge on any atom is -0.507 e. The summed E-state index contributed by atoms with van der Waals surface area (Å²) >= 11 is 1.59. The van der Waals surface area contributed by atoms with Gasteiger partial charge in [-0.1, -0.05) is 12.1 Å². The molecule has 0 atom stereocenters. The molecular weight excluding hydrogens is 296 g/mol. The fraction of sp³-hybridized carbons (Fsp3) is 0.294. The number of hydrogen-bond acceptors (Lipinski definition) is 4. The number of aliphatic imine (C=N–C) groups is 1. The second-order valence-corrected chi connectivity index (χ2v) is 6.37. The van der Waals surface area contributed by atoms with Gasteiger partial charge in [0.05, 0.1) is 5.56 Å². The fourth-order valence-electron chi connectivity index (χ4n) is 2.73. The number of carbonyl (C=O) groups excluding carboxylic acids is 1. The van der Waals surface area contributed by atoms with Crippen molar-refractivity contribution in [2.75, 3.05) is 7.05 Å². The first-order valence-corrected chi connectivity index (χ1v) is 8.21. The van der Waals surface area contributed by atoms with Crippen LogP contribution in [0.25, 0.3) is 0 Å². The van der Waals surface area contributed by atoms with Crippen molar-refractivity contribution in [3.05, 3.63) is 45.8 Å². The van der Waals surface area contributed by atoms with Crippen LogP contribution < -0.4 is 5.32 Å². The van der Waals surface area contributed by atoms with Crippen LogP contribution in [0.15, 0.2) is 29.3 Å². The highest BCUT2D eigenvalue weighted by atomic mass is 32.1. The topological polar surface area (TPSA) is 61.7 Å². The van der Waals surface area contributed by atoms with Crippen LogP contribution in [0.5, 0.6) is 5.75 Å². The minimum absolute atomic E-state index is 0.0798. The van der Waals surface area contributed by atoms with Gasteiger partial charge in [0.25, 0.3) is 5.91 Å². The second kappa shape index (κ2) is 6.32. The normalized spacial score (nSPS) is 14.0. The lowest BCUT2D eigenvalue weighted by atomic mass is 9.95. The molecular formula is C17H18N2O2S. The van der Waals surface area contributed by atoms with E-state index in [9.17, 15) is 9.90 Å². The summed E-state index contributed by atoms with van der Waals surface area (Å²) in [6, 6.07) is 7.04. The summed E-state index contributed by atoms with van der Waals surface area (Å²) in [5.41, 5.74) is 2.51. The average molecular weight is 314 g/mol. The van der Waals surface area contributed by atoms with Crippen LogP contribution in [0.3, 0.4) is 0 Å². The molecule has 0 aliphatic heterocycles. The smallest absolute Gasteiger partial charge is 0.254 e. The number of carbonyl (C=O) groups is 1. The molecule has 1 amide bonds. The van der Waals surface area contributed by atoms with Crippen molar-refractivity contribution in [2.45, 2.75) is 25.7 Å². The molecule has 0 bridgehead atoms. The van der Waals surface area contributed by atoms with Crippen molar-refractivity contribution in [2.24, 2.45) is 4.99 Å². The molecule has 0 saturated carbocycles. The van der Waals surface area contributed by atoms with Gasteiger partial charge in [0.1, 0.15) is 10.8 Å². The zero-order valence-corrected chi connectivity index (χ0v) is 13.2. The molecule has 22 heavy (non-hydrogen) atoms. The predicted octanol–water partition coefficient (Wildman–Crippen LogP) is 3.44. The molecule has 3 rings (SSSR count). The molecule has 1 aromatic carbocycles. The molecule has 1 heterocycles. The average Bonchev–Trinajstić information content (AvgIpc) is 2.91. The van der Waals surface area contributed by atoms with E-state index in [1.54, 1.807) is 42.8 Å². The molecule has 114 valence electrons. The summed E-state index contributed by atoms with van der Waals surface area (Å²) in [4.78, 5) is 18.0. The van der Waals surface area contributed by atoms with Crippen LogP contribution in [0.4, 0.5) is 5.00 Å². The number of aryl methyl sites for hydroxylation is 1. The number of nitrogens with one attached hydrogen (secondary N) is 1. The maximum absolute atomic E-state index is 12.2. The number of phenolic OH excluding ortho intramolecular Hbond substituents is 1. The molecule has 2 aromatic rings. The molecule has 0 saturated heterocycles. The van der Waals surface area contributed by atoms with Crippen LogP contribution >= 0.6 is 11.3 Å². The van der Waals surface area contributed by atoms with Crippen molar-refractivity contribution >= 4 is 28.5 Å². The van der Waals surface area contributed by atoms with Crippen LogP contribution in [-0.4, -0.2) is 24.3 Å². The standard InChI is InChI=1S/C17H18N2O2S/c1-18-16(21)15-12-7-3-5-9-14(12)22-17(15)19-10-11-6-2-4-8-13(11)20/h2,4,6,8,10,20H,3,5,7,9H2,1H3,(H,18,21). The Morgan fingerprint density at radius 3 is 2.86 bits per heavy atom. The Balaban J connectivity index is 2.01. The van der Waals surface area contributed by atoms with Crippen molar-refractivity contribution < 1.29 is 9.90 Å². The molecule has 0 fully saturated rings. The number of phenols is 1. The van der Waals surface area contributed by atoms with Gasteiger partial charge in [-0.3, -0.25) is 4.79 Å². The molecule has 1 aromatic heterocycles. The molecule has 5 heteroatoms. The number of para-hydroxylation sites is 1. The third kappa shape index (κ3) is 2.76. The van der Waals surface area contributed by atoms with Gasteiger partial charge in [-0.05, 0) is 43.4 Å². The third-order valence-corrected chi connectivity index (χ3v) is 5.06. The molecule has 0 radical (unpaired) electrons. The van der Waals surface area contributed by atoms with E-state index in [2.05, 4.69) is 10.3 Å². The number of hydrogen-bond donors (Lipinski definition) is 2. The van der Waals surface area contributed by atoms with Crippen LogP contribution in [0.2, 0.25) is 0 Å². The van der Waals surface area contributed by atoms with Gasteiger partial charge >= 0.3 is 0 Å². The fourth-order valence-corrected chi connectivity index (χ4v) is 3.96. The van der Waals surface area contributed by atoms with E-state index in [0.29, 0.717) is 11.1 Å². The van der Waals surface area contributed by atoms with Crippen molar-refractivity contribution in [1.29, 1.82) is 0 Å². The first-order chi connectivity index (χ1) is 10.7. The third-order valence-electron chi connectivity index (χ3n) is 3.86. The Morgan fingerprint density at radius 2 is 2.09 bits per heavy atom. The minimum atomic E-state index is -0.0798. The number of rotatable bonds is 3. The largest absolute Gasteiger partial charge is 0.507 e. The van der Waals surface area contributed by atoms with Gasteiger partial charge in [0.2, 0.25) is 0 Å². The number of nitrogens with zero attached hydrogens (tertiary/aromatic N) is 1. The van der Waals surface area contributed by atoms with E-state index in [-0.39, 0.29) is 11.7 Å². The van der Waals surface area contributed by atoms with Crippen molar-refractivity contribution in [3.8, 4) is 5.75 Å². The maximum Gasteiger partial charge on any atom is 0.254 e. The van der Waals surface area contributed by atoms with E-state index >= 15 is 0 Å². The summed E-state index contributed by atoms with van der Waals surface area (Å²) in [7, 11) is 1.64. The highest BCUT2D eigenvalue weighted by molar-refractivity contribution is 7.16. The summed E-state index contributed by atoms with van der Waals surface area (Å²) in [6.45, 7) is 0. The van der Waals surface area contributed by atoms with Gasteiger partial charge in [0, 0.05) is 23.7 Å². The predicted molar refractivity (Wildman–Crippen MR) is 89.7 cm³/mol. The number of benzene rings is 1. The van der Waals surface area contributed by atoms with E-state index in [1.165, 1.54) is 11.3 Å². The molecule has 1 aliphatic rings. The van der Waals surface area contributed by atoms with Crippen LogP contribution in [0, 0.1) is 0 Å². The summed E-state index contributed by atoms with van der Waals surface area (Å²) in [6.07, 6.45) is 5.88. The summed E-state index contributed by atoms with van der Waals surface area (Å²) < 4.78 is 0. The number of amides is 1. The van der Waals surface area contributed by atoms with Crippen LogP contribution in [0.1, 0.15) is 39.2 Å². The van der Waals surface area contributed by atoms with Crippen molar-refractivity contribution in [1.82, 2.24) is 5.32 Å². The van der Waals surface area contributed by atoms with Gasteiger partial charge in [0.15, 0.2) is 0 Å². The maximum atomic E-state index is 12.2. The Hall–Kier alpha value is -2.14. The van der Waals surface area contributed by atoms with E-state index < -0.39 is 0 Å². The summed E-state index contributed by atoms with van der Waals surface area (Å²) in [5.74, 6) is 0.109. The van der Waals surface area contributed by atoms with Crippen molar-refractivity contribution in [3.63, 3.8) is 0 Å². The zero-order chi connectivity index (χ0) is 15.5. The monoisotopic (exact) mass is 314 g/mol. The Bertz CT molecular complexity index is 734. The van der Waals surface area contributed by atoms with E-state index in [4.69, 9.17) is 0 Å². The first-order valence-electron chi connectivity index (χ1n) is 7.39. The number of thiophene rings is 1. The van der Waals surface area contributed by atoms with Gasteiger partial charge < -0.3 is 10.4 Å². The van der Waals surface area contributed by atoms with Gasteiger partial charge in [-0.25, -0.2) is 4.99 Å². The van der Waals surface area contributed by atoms with E-state index in [1.807, 2.05) is 6.07 Å². The molecule has 4 nitrogen and oxygen atoms in total. The number of fused-ring (bicyclic) bond motifs is 1. The lowest BCUT2D eigenvalue weighted by molar-refractivity contribution is 0.0963. The second-order valence-electron chi connectivity index (χ2n) is 5.29. The van der Waals surface area contributed by atoms with Gasteiger partial charge in [-0.15, -0.1) is 11.3 Å².